The Labute approximate surface area is 151 Å². The van der Waals surface area contributed by atoms with Crippen molar-refractivity contribution in [3.05, 3.63) is 88.7 Å². The second-order valence-electron chi connectivity index (χ2n) is 6.72. The second-order valence-corrected chi connectivity index (χ2v) is 6.72. The molecular formula is C22H19FO3. The molecule has 3 nitrogen and oxygen atoms in total. The van der Waals surface area contributed by atoms with Gasteiger partial charge in [-0.15, -0.1) is 0 Å². The molecule has 0 saturated carbocycles. The standard InChI is InChI=1S/C22H19FO3/c1-13-10-15(4-9-20(13)23)22-18-8-7-17(25)11-21(18)26-12-19(22)14-2-5-16(24)6-3-14/h2-11,19,22,24-25H,12H2,1H3/t19-,22-/m0/s1. The predicted molar refractivity (Wildman–Crippen MR) is 97.4 cm³/mol. The van der Waals surface area contributed by atoms with Crippen LogP contribution < -0.4 is 4.74 Å². The zero-order valence-electron chi connectivity index (χ0n) is 14.3. The molecule has 132 valence electrons. The third kappa shape index (κ3) is 2.88. The highest BCUT2D eigenvalue weighted by atomic mass is 19.1. The van der Waals surface area contributed by atoms with Gasteiger partial charge in [0.05, 0.1) is 6.61 Å². The number of phenolic OH excluding ortho intramolecular Hbond substituents is 2. The Balaban J connectivity index is 1.87. The molecule has 0 aliphatic carbocycles. The molecule has 2 atom stereocenters. The zero-order valence-corrected chi connectivity index (χ0v) is 14.3. The summed E-state index contributed by atoms with van der Waals surface area (Å²) in [6.07, 6.45) is 0. The van der Waals surface area contributed by atoms with Crippen molar-refractivity contribution in [3.8, 4) is 17.2 Å². The van der Waals surface area contributed by atoms with E-state index >= 15 is 0 Å². The van der Waals surface area contributed by atoms with Crippen LogP contribution in [0.25, 0.3) is 0 Å². The van der Waals surface area contributed by atoms with Crippen molar-refractivity contribution in [1.29, 1.82) is 0 Å². The molecule has 0 fully saturated rings. The molecule has 3 aromatic rings. The van der Waals surface area contributed by atoms with E-state index in [1.54, 1.807) is 31.2 Å². The number of ether oxygens (including phenoxy) is 1. The molecule has 0 aromatic heterocycles. The van der Waals surface area contributed by atoms with Crippen molar-refractivity contribution in [1.82, 2.24) is 0 Å². The van der Waals surface area contributed by atoms with E-state index in [4.69, 9.17) is 4.74 Å². The lowest BCUT2D eigenvalue weighted by atomic mass is 9.75. The molecule has 0 spiro atoms. The maximum absolute atomic E-state index is 13.8. The summed E-state index contributed by atoms with van der Waals surface area (Å²) in [5.41, 5.74) is 3.59. The lowest BCUT2D eigenvalue weighted by Crippen LogP contribution is -2.25. The van der Waals surface area contributed by atoms with E-state index in [0.29, 0.717) is 17.9 Å². The van der Waals surface area contributed by atoms with Crippen molar-refractivity contribution in [2.75, 3.05) is 6.61 Å². The third-order valence-corrected chi connectivity index (χ3v) is 5.02. The van der Waals surface area contributed by atoms with Crippen molar-refractivity contribution in [3.63, 3.8) is 0 Å². The summed E-state index contributed by atoms with van der Waals surface area (Å²) in [6.45, 7) is 2.19. The van der Waals surface area contributed by atoms with Gasteiger partial charge >= 0.3 is 0 Å². The number of fused-ring (bicyclic) bond motifs is 1. The molecule has 4 heteroatoms. The molecule has 0 saturated heterocycles. The van der Waals surface area contributed by atoms with Crippen LogP contribution in [-0.2, 0) is 0 Å². The van der Waals surface area contributed by atoms with Crippen LogP contribution in [0.3, 0.4) is 0 Å². The molecule has 0 unspecified atom stereocenters. The van der Waals surface area contributed by atoms with Crippen molar-refractivity contribution < 1.29 is 19.3 Å². The summed E-state index contributed by atoms with van der Waals surface area (Å²) < 4.78 is 19.7. The van der Waals surface area contributed by atoms with E-state index in [2.05, 4.69) is 0 Å². The molecule has 4 rings (SSSR count). The fraction of sp³-hybridized carbons (Fsp3) is 0.182. The monoisotopic (exact) mass is 350 g/mol. The number of hydrogen-bond donors (Lipinski definition) is 2. The first-order chi connectivity index (χ1) is 12.5. The van der Waals surface area contributed by atoms with Crippen molar-refractivity contribution in [2.24, 2.45) is 0 Å². The van der Waals surface area contributed by atoms with Gasteiger partial charge in [-0.05, 0) is 47.9 Å². The number of rotatable bonds is 2. The first-order valence-electron chi connectivity index (χ1n) is 8.53. The van der Waals surface area contributed by atoms with Crippen LogP contribution in [0.5, 0.6) is 17.2 Å². The van der Waals surface area contributed by atoms with Crippen LogP contribution in [0.4, 0.5) is 4.39 Å². The minimum Gasteiger partial charge on any atom is -0.508 e. The lowest BCUT2D eigenvalue weighted by Gasteiger charge is -2.34. The normalized spacial score (nSPS) is 18.8. The van der Waals surface area contributed by atoms with Crippen LogP contribution in [0.15, 0.2) is 60.7 Å². The fourth-order valence-corrected chi connectivity index (χ4v) is 3.68. The van der Waals surface area contributed by atoms with Crippen LogP contribution >= 0.6 is 0 Å². The summed E-state index contributed by atoms with van der Waals surface area (Å²) in [7, 11) is 0. The number of halogens is 1. The number of phenols is 2. The van der Waals surface area contributed by atoms with E-state index in [1.165, 1.54) is 6.07 Å². The summed E-state index contributed by atoms with van der Waals surface area (Å²) in [6, 6.07) is 17.4. The van der Waals surface area contributed by atoms with Crippen LogP contribution in [0.2, 0.25) is 0 Å². The summed E-state index contributed by atoms with van der Waals surface area (Å²) >= 11 is 0. The number of benzene rings is 3. The minimum atomic E-state index is -0.229. The molecule has 3 aromatic carbocycles. The number of aryl methyl sites for hydroxylation is 1. The van der Waals surface area contributed by atoms with Gasteiger partial charge in [0.2, 0.25) is 0 Å². The summed E-state index contributed by atoms with van der Waals surface area (Å²) in [5.74, 6) is 0.756. The summed E-state index contributed by atoms with van der Waals surface area (Å²) in [5, 5.41) is 19.4. The highest BCUT2D eigenvalue weighted by Gasteiger charge is 2.33. The molecule has 2 N–H and O–H groups in total. The molecule has 0 amide bonds. The lowest BCUT2D eigenvalue weighted by molar-refractivity contribution is 0.247. The van der Waals surface area contributed by atoms with Gasteiger partial charge in [-0.1, -0.05) is 30.3 Å². The van der Waals surface area contributed by atoms with Gasteiger partial charge in [-0.25, -0.2) is 4.39 Å². The smallest absolute Gasteiger partial charge is 0.126 e. The summed E-state index contributed by atoms with van der Waals surface area (Å²) in [4.78, 5) is 0. The number of aromatic hydroxyl groups is 2. The first-order valence-corrected chi connectivity index (χ1v) is 8.53. The van der Waals surface area contributed by atoms with Gasteiger partial charge in [-0.3, -0.25) is 0 Å². The fourth-order valence-electron chi connectivity index (χ4n) is 3.68. The maximum atomic E-state index is 13.8. The van der Waals surface area contributed by atoms with Gasteiger partial charge in [0.25, 0.3) is 0 Å². The van der Waals surface area contributed by atoms with Gasteiger partial charge in [0.15, 0.2) is 0 Å². The molecule has 1 aliphatic heterocycles. The number of hydrogen-bond acceptors (Lipinski definition) is 3. The van der Waals surface area contributed by atoms with Gasteiger partial charge < -0.3 is 14.9 Å². The third-order valence-electron chi connectivity index (χ3n) is 5.02. The van der Waals surface area contributed by atoms with Crippen LogP contribution in [0.1, 0.15) is 34.1 Å². The van der Waals surface area contributed by atoms with E-state index in [0.717, 1.165) is 16.7 Å². The van der Waals surface area contributed by atoms with Gasteiger partial charge in [0.1, 0.15) is 23.1 Å². The Morgan fingerprint density at radius 3 is 2.31 bits per heavy atom. The quantitative estimate of drug-likeness (QED) is 0.694. The van der Waals surface area contributed by atoms with Crippen LogP contribution in [0, 0.1) is 12.7 Å². The molecule has 1 aliphatic rings. The molecule has 0 bridgehead atoms. The SMILES string of the molecule is Cc1cc([C@H]2c3ccc(O)cc3OC[C@H]2c2ccc(O)cc2)ccc1F. The Morgan fingerprint density at radius 1 is 0.885 bits per heavy atom. The average molecular weight is 350 g/mol. The van der Waals surface area contributed by atoms with Gasteiger partial charge in [0, 0.05) is 23.5 Å². The molecule has 26 heavy (non-hydrogen) atoms. The van der Waals surface area contributed by atoms with Crippen LogP contribution in [-0.4, -0.2) is 16.8 Å². The topological polar surface area (TPSA) is 49.7 Å². The Kier molecular flexibility index (Phi) is 4.03. The van der Waals surface area contributed by atoms with Crippen molar-refractivity contribution >= 4 is 0 Å². The highest BCUT2D eigenvalue weighted by Crippen LogP contribution is 2.47. The van der Waals surface area contributed by atoms with E-state index in [1.807, 2.05) is 30.3 Å². The van der Waals surface area contributed by atoms with Gasteiger partial charge in [-0.2, -0.15) is 0 Å². The second kappa shape index (κ2) is 6.37. The van der Waals surface area contributed by atoms with Crippen molar-refractivity contribution in [2.45, 2.75) is 18.8 Å². The maximum Gasteiger partial charge on any atom is 0.126 e. The van der Waals surface area contributed by atoms with E-state index < -0.39 is 0 Å². The Morgan fingerprint density at radius 2 is 1.58 bits per heavy atom. The Bertz CT molecular complexity index is 950. The minimum absolute atomic E-state index is 0.0116. The predicted octanol–water partition coefficient (Wildman–Crippen LogP) is 4.85. The molecular weight excluding hydrogens is 331 g/mol. The zero-order chi connectivity index (χ0) is 18.3. The largest absolute Gasteiger partial charge is 0.508 e. The average Bonchev–Trinajstić information content (AvgIpc) is 2.64. The molecule has 1 heterocycles. The first kappa shape index (κ1) is 16.5. The van der Waals surface area contributed by atoms with E-state index in [9.17, 15) is 14.6 Å². The Hall–Kier alpha value is -3.01. The van der Waals surface area contributed by atoms with E-state index in [-0.39, 0.29) is 29.2 Å². The highest BCUT2D eigenvalue weighted by molar-refractivity contribution is 5.51. The molecule has 0 radical (unpaired) electrons.